The zero-order valence-corrected chi connectivity index (χ0v) is 17.9. The molecular weight excluding hydrogens is 414 g/mol. The lowest BCUT2D eigenvalue weighted by atomic mass is 10.00. The number of hydrogen-bond donors (Lipinski definition) is 2. The minimum atomic E-state index is 0.288. The Morgan fingerprint density at radius 2 is 1.64 bits per heavy atom. The molecule has 4 heterocycles. The molecule has 1 saturated heterocycles. The van der Waals surface area contributed by atoms with E-state index < -0.39 is 0 Å². The molecule has 8 heteroatoms. The number of benzene rings is 2. The van der Waals surface area contributed by atoms with E-state index in [1.807, 2.05) is 59.3 Å². The van der Waals surface area contributed by atoms with E-state index in [0.717, 1.165) is 70.6 Å². The number of rotatable bonds is 4. The molecule has 1 fully saturated rings. The van der Waals surface area contributed by atoms with Crippen LogP contribution in [-0.4, -0.2) is 38.0 Å². The fourth-order valence-electron chi connectivity index (χ4n) is 4.49. The first-order valence-electron chi connectivity index (χ1n) is 11.0. The lowest BCUT2D eigenvalue weighted by Crippen LogP contribution is -2.30. The van der Waals surface area contributed by atoms with Crippen LogP contribution in [0.15, 0.2) is 65.4 Å². The Morgan fingerprint density at radius 3 is 2.42 bits per heavy atom. The van der Waals surface area contributed by atoms with Gasteiger partial charge >= 0.3 is 0 Å². The Bertz CT molecular complexity index is 1400. The van der Waals surface area contributed by atoms with Gasteiger partial charge in [-0.3, -0.25) is 0 Å². The van der Waals surface area contributed by atoms with Gasteiger partial charge < -0.3 is 15.6 Å². The minimum absolute atomic E-state index is 0.288. The molecule has 2 aromatic carbocycles. The molecule has 3 aromatic heterocycles. The van der Waals surface area contributed by atoms with Gasteiger partial charge in [0.15, 0.2) is 5.65 Å². The van der Waals surface area contributed by atoms with E-state index in [2.05, 4.69) is 26.7 Å². The summed E-state index contributed by atoms with van der Waals surface area (Å²) in [6.45, 7) is 1.94. The van der Waals surface area contributed by atoms with E-state index in [-0.39, 0.29) is 6.04 Å². The fraction of sp³-hybridized carbons (Fsp3) is 0.200. The Hall–Kier alpha value is -4.04. The summed E-state index contributed by atoms with van der Waals surface area (Å²) >= 11 is 0. The van der Waals surface area contributed by atoms with Crippen molar-refractivity contribution >= 4 is 16.9 Å². The Morgan fingerprint density at radius 1 is 0.909 bits per heavy atom. The Balaban J connectivity index is 1.41. The molecule has 1 radical (unpaired) electrons. The summed E-state index contributed by atoms with van der Waals surface area (Å²) in [5.74, 6) is 0.443. The minimum Gasteiger partial charge on any atom is -0.383 e. The highest BCUT2D eigenvalue weighted by Gasteiger charge is 2.23. The van der Waals surface area contributed by atoms with Crippen LogP contribution in [0.1, 0.15) is 18.9 Å². The highest BCUT2D eigenvalue weighted by molar-refractivity contribution is 5.98. The maximum Gasteiger partial charge on any atom is 0.214 e. The van der Waals surface area contributed by atoms with Crippen molar-refractivity contribution in [3.05, 3.63) is 67.2 Å². The number of fused-ring (bicyclic) bond motifs is 1. The van der Waals surface area contributed by atoms with Crippen molar-refractivity contribution in [2.24, 2.45) is 0 Å². The Kier molecular flexibility index (Phi) is 4.84. The maximum atomic E-state index is 6.29. The van der Waals surface area contributed by atoms with Crippen molar-refractivity contribution in [3.63, 3.8) is 0 Å². The van der Waals surface area contributed by atoms with Gasteiger partial charge in [0.2, 0.25) is 6.26 Å². The second-order valence-electron chi connectivity index (χ2n) is 8.18. The first-order chi connectivity index (χ1) is 16.3. The van der Waals surface area contributed by atoms with Crippen LogP contribution in [0.3, 0.4) is 0 Å². The van der Waals surface area contributed by atoms with Gasteiger partial charge in [0.1, 0.15) is 23.5 Å². The highest BCUT2D eigenvalue weighted by Crippen LogP contribution is 2.35. The third-order valence-corrected chi connectivity index (χ3v) is 6.19. The summed E-state index contributed by atoms with van der Waals surface area (Å²) in [5.41, 5.74) is 12.4. The molecule has 33 heavy (non-hydrogen) atoms. The molecule has 0 spiro atoms. The number of nitrogens with two attached hydrogens (primary N) is 1. The SMILES string of the molecule is Nc1ncnc2c1c(-c1ccc(-c3[c]onc3-c3ccccc3)cc1)nn2C1CCNCC1. The van der Waals surface area contributed by atoms with E-state index in [1.165, 1.54) is 6.33 Å². The molecule has 3 N–H and O–H groups in total. The molecule has 0 amide bonds. The van der Waals surface area contributed by atoms with Gasteiger partial charge in [-0.1, -0.05) is 59.8 Å². The molecule has 8 nitrogen and oxygen atoms in total. The monoisotopic (exact) mass is 436 g/mol. The van der Waals surface area contributed by atoms with Crippen LogP contribution < -0.4 is 11.1 Å². The molecule has 0 aliphatic carbocycles. The number of nitrogens with zero attached hydrogens (tertiary/aromatic N) is 5. The number of nitrogens with one attached hydrogen (secondary N) is 1. The fourth-order valence-corrected chi connectivity index (χ4v) is 4.49. The average molecular weight is 436 g/mol. The normalized spacial score (nSPS) is 14.7. The molecule has 0 saturated carbocycles. The van der Waals surface area contributed by atoms with Crippen LogP contribution in [0, 0.1) is 6.26 Å². The van der Waals surface area contributed by atoms with Gasteiger partial charge in [0, 0.05) is 11.1 Å². The van der Waals surface area contributed by atoms with Crippen LogP contribution in [0.25, 0.3) is 44.7 Å². The summed E-state index contributed by atoms with van der Waals surface area (Å²) in [6, 6.07) is 18.4. The Labute approximate surface area is 190 Å². The lowest BCUT2D eigenvalue weighted by Gasteiger charge is -2.23. The van der Waals surface area contributed by atoms with E-state index in [4.69, 9.17) is 15.4 Å². The molecule has 1 aliphatic heterocycles. The largest absolute Gasteiger partial charge is 0.383 e. The van der Waals surface area contributed by atoms with Crippen molar-refractivity contribution in [1.82, 2.24) is 30.2 Å². The van der Waals surface area contributed by atoms with Crippen LogP contribution >= 0.6 is 0 Å². The summed E-state index contributed by atoms with van der Waals surface area (Å²) in [4.78, 5) is 8.76. The van der Waals surface area contributed by atoms with Gasteiger partial charge in [0.25, 0.3) is 0 Å². The number of aromatic nitrogens is 5. The molecule has 0 atom stereocenters. The highest BCUT2D eigenvalue weighted by atomic mass is 16.5. The van der Waals surface area contributed by atoms with Gasteiger partial charge in [-0.15, -0.1) is 0 Å². The number of piperidine rings is 1. The second kappa shape index (κ2) is 8.14. The van der Waals surface area contributed by atoms with Crippen molar-refractivity contribution in [2.45, 2.75) is 18.9 Å². The zero-order valence-electron chi connectivity index (χ0n) is 17.9. The lowest BCUT2D eigenvalue weighted by molar-refractivity contribution is 0.350. The topological polar surface area (TPSA) is 108 Å². The number of hydrogen-bond acceptors (Lipinski definition) is 7. The second-order valence-corrected chi connectivity index (χ2v) is 8.18. The predicted octanol–water partition coefficient (Wildman–Crippen LogP) is 4.12. The third-order valence-electron chi connectivity index (χ3n) is 6.19. The van der Waals surface area contributed by atoms with Gasteiger partial charge in [0.05, 0.1) is 17.0 Å². The van der Waals surface area contributed by atoms with E-state index in [9.17, 15) is 0 Å². The predicted molar refractivity (Wildman–Crippen MR) is 126 cm³/mol. The molecule has 0 unspecified atom stereocenters. The third kappa shape index (κ3) is 3.44. The molecule has 163 valence electrons. The van der Waals surface area contributed by atoms with Crippen molar-refractivity contribution in [2.75, 3.05) is 18.8 Å². The van der Waals surface area contributed by atoms with E-state index >= 15 is 0 Å². The van der Waals surface area contributed by atoms with Crippen molar-refractivity contribution in [1.29, 1.82) is 0 Å². The maximum absolute atomic E-state index is 6.29. The summed E-state index contributed by atoms with van der Waals surface area (Å²) in [6.07, 6.45) is 6.43. The zero-order chi connectivity index (χ0) is 22.2. The quantitative estimate of drug-likeness (QED) is 0.436. The van der Waals surface area contributed by atoms with Gasteiger partial charge in [-0.2, -0.15) is 5.10 Å². The van der Waals surface area contributed by atoms with E-state index in [1.54, 1.807) is 0 Å². The van der Waals surface area contributed by atoms with Gasteiger partial charge in [-0.05, 0) is 31.5 Å². The summed E-state index contributed by atoms with van der Waals surface area (Å²) in [5, 5.41) is 13.3. The summed E-state index contributed by atoms with van der Waals surface area (Å²) < 4.78 is 7.21. The van der Waals surface area contributed by atoms with Crippen LogP contribution in [0.2, 0.25) is 0 Å². The smallest absolute Gasteiger partial charge is 0.214 e. The number of anilines is 1. The molecule has 5 aromatic rings. The molecule has 6 rings (SSSR count). The molecule has 1 aliphatic rings. The molecule has 0 bridgehead atoms. The van der Waals surface area contributed by atoms with Gasteiger partial charge in [-0.25, -0.2) is 14.6 Å². The number of nitrogen functional groups attached to an aromatic ring is 1. The van der Waals surface area contributed by atoms with E-state index in [0.29, 0.717) is 5.82 Å². The first kappa shape index (κ1) is 19.6. The average Bonchev–Trinajstić information content (AvgIpc) is 3.52. The van der Waals surface area contributed by atoms with Crippen molar-refractivity contribution in [3.8, 4) is 33.6 Å². The summed E-state index contributed by atoms with van der Waals surface area (Å²) in [7, 11) is 0. The first-order valence-corrected chi connectivity index (χ1v) is 11.0. The van der Waals surface area contributed by atoms with Crippen LogP contribution in [0.4, 0.5) is 5.82 Å². The van der Waals surface area contributed by atoms with Crippen molar-refractivity contribution < 1.29 is 4.52 Å². The van der Waals surface area contributed by atoms with Crippen LogP contribution in [-0.2, 0) is 0 Å². The van der Waals surface area contributed by atoms with Crippen LogP contribution in [0.5, 0.6) is 0 Å². The standard InChI is InChI=1S/C25H22N7O/c26-24-21-23(30-32(25(21)29-15-28-24)19-10-12-27-13-11-19)18-8-6-16(7-9-18)20-14-33-31-22(20)17-4-2-1-3-5-17/h1-9,15,19,27H,10-13H2,(H2,26,28,29). The molecular formula is C25H22N7O.